The van der Waals surface area contributed by atoms with E-state index in [1.165, 1.54) is 17.3 Å². The van der Waals surface area contributed by atoms with Crippen LogP contribution in [0.1, 0.15) is 53.2 Å². The van der Waals surface area contributed by atoms with Crippen molar-refractivity contribution in [2.45, 2.75) is 38.0 Å². The fourth-order valence-corrected chi connectivity index (χ4v) is 4.13. The Bertz CT molecular complexity index is 804. The number of carbonyl (C=O) groups excluding carboxylic acids is 1. The average Bonchev–Trinajstić information content (AvgIpc) is 3.21. The van der Waals surface area contributed by atoms with Crippen LogP contribution in [0, 0.1) is 0 Å². The SMILES string of the molecule is O=C(NC[C@@H]1CCCc2ccccc21)c1nc(N2CCCC2)ncc1Cl. The standard InChI is InChI=1S/C20H23ClN4O/c21-17-13-23-20(25-10-3-4-11-25)24-18(17)19(26)22-12-15-8-5-7-14-6-1-2-9-16(14)15/h1-2,6,9,13,15H,3-5,7-8,10-12H2,(H,22,26)/t15-/m0/s1. The van der Waals surface area contributed by atoms with Gasteiger partial charge in [-0.25, -0.2) is 9.97 Å². The van der Waals surface area contributed by atoms with Crippen LogP contribution in [0.3, 0.4) is 0 Å². The van der Waals surface area contributed by atoms with Gasteiger partial charge in [0, 0.05) is 25.6 Å². The summed E-state index contributed by atoms with van der Waals surface area (Å²) in [6.07, 6.45) is 7.17. The lowest BCUT2D eigenvalue weighted by molar-refractivity contribution is 0.0945. The van der Waals surface area contributed by atoms with Crippen molar-refractivity contribution in [3.8, 4) is 0 Å². The van der Waals surface area contributed by atoms with E-state index >= 15 is 0 Å². The van der Waals surface area contributed by atoms with Gasteiger partial charge >= 0.3 is 0 Å². The first-order valence-corrected chi connectivity index (χ1v) is 9.73. The number of carbonyl (C=O) groups is 1. The van der Waals surface area contributed by atoms with Crippen LogP contribution in [0.25, 0.3) is 0 Å². The minimum atomic E-state index is -0.221. The topological polar surface area (TPSA) is 58.1 Å². The van der Waals surface area contributed by atoms with Gasteiger partial charge in [-0.15, -0.1) is 0 Å². The quantitative estimate of drug-likeness (QED) is 0.893. The van der Waals surface area contributed by atoms with Crippen molar-refractivity contribution in [2.24, 2.45) is 0 Å². The molecule has 1 aliphatic heterocycles. The van der Waals surface area contributed by atoms with Gasteiger partial charge < -0.3 is 10.2 Å². The van der Waals surface area contributed by atoms with Crippen LogP contribution in [-0.4, -0.2) is 35.5 Å². The summed E-state index contributed by atoms with van der Waals surface area (Å²) in [7, 11) is 0. The zero-order chi connectivity index (χ0) is 17.9. The van der Waals surface area contributed by atoms with E-state index in [4.69, 9.17) is 11.6 Å². The number of fused-ring (bicyclic) bond motifs is 1. The molecule has 1 aromatic heterocycles. The lowest BCUT2D eigenvalue weighted by Crippen LogP contribution is -2.31. The molecule has 0 radical (unpaired) electrons. The van der Waals surface area contributed by atoms with Crippen molar-refractivity contribution < 1.29 is 4.79 Å². The Labute approximate surface area is 158 Å². The third kappa shape index (κ3) is 3.54. The van der Waals surface area contributed by atoms with Gasteiger partial charge in [-0.2, -0.15) is 0 Å². The minimum absolute atomic E-state index is 0.221. The Kier molecular flexibility index (Phi) is 5.07. The predicted molar refractivity (Wildman–Crippen MR) is 103 cm³/mol. The maximum atomic E-state index is 12.7. The molecule has 0 spiro atoms. The molecule has 1 amide bonds. The number of aromatic nitrogens is 2. The van der Waals surface area contributed by atoms with Crippen molar-refractivity contribution in [3.63, 3.8) is 0 Å². The van der Waals surface area contributed by atoms with Crippen LogP contribution in [-0.2, 0) is 6.42 Å². The van der Waals surface area contributed by atoms with E-state index in [0.29, 0.717) is 23.4 Å². The summed E-state index contributed by atoms with van der Waals surface area (Å²) in [5.41, 5.74) is 3.02. The summed E-state index contributed by atoms with van der Waals surface area (Å²) in [5.74, 6) is 0.725. The van der Waals surface area contributed by atoms with Crippen LogP contribution in [0.4, 0.5) is 5.95 Å². The molecule has 1 saturated heterocycles. The van der Waals surface area contributed by atoms with Crippen LogP contribution < -0.4 is 10.2 Å². The Morgan fingerprint density at radius 1 is 1.23 bits per heavy atom. The highest BCUT2D eigenvalue weighted by Gasteiger charge is 2.23. The molecule has 1 aliphatic carbocycles. The molecule has 0 unspecified atom stereocenters. The summed E-state index contributed by atoms with van der Waals surface area (Å²) in [6.45, 7) is 2.47. The summed E-state index contributed by atoms with van der Waals surface area (Å²) in [6, 6.07) is 8.52. The number of amides is 1. The summed E-state index contributed by atoms with van der Waals surface area (Å²) in [4.78, 5) is 23.5. The molecule has 0 bridgehead atoms. The molecule has 1 atom stereocenters. The second kappa shape index (κ2) is 7.62. The Hall–Kier alpha value is -2.14. The van der Waals surface area contributed by atoms with Crippen LogP contribution in [0.15, 0.2) is 30.5 Å². The van der Waals surface area contributed by atoms with Crippen LogP contribution >= 0.6 is 11.6 Å². The molecule has 2 aromatic rings. The van der Waals surface area contributed by atoms with Crippen LogP contribution in [0.5, 0.6) is 0 Å². The summed E-state index contributed by atoms with van der Waals surface area (Å²) < 4.78 is 0. The normalized spacial score (nSPS) is 19.3. The Balaban J connectivity index is 1.46. The third-order valence-electron chi connectivity index (χ3n) is 5.34. The van der Waals surface area contributed by atoms with Gasteiger partial charge in [0.1, 0.15) is 0 Å². The van der Waals surface area contributed by atoms with E-state index in [-0.39, 0.29) is 11.6 Å². The molecule has 26 heavy (non-hydrogen) atoms. The van der Waals surface area contributed by atoms with Crippen LogP contribution in [0.2, 0.25) is 5.02 Å². The summed E-state index contributed by atoms with van der Waals surface area (Å²) in [5, 5.41) is 3.34. The number of rotatable bonds is 4. The fraction of sp³-hybridized carbons (Fsp3) is 0.450. The summed E-state index contributed by atoms with van der Waals surface area (Å²) >= 11 is 6.20. The largest absolute Gasteiger partial charge is 0.350 e. The van der Waals surface area contributed by atoms with Gasteiger partial charge in [-0.3, -0.25) is 4.79 Å². The number of hydrogen-bond donors (Lipinski definition) is 1. The maximum absolute atomic E-state index is 12.7. The molecular formula is C20H23ClN4O. The van der Waals surface area contributed by atoms with Gasteiger partial charge in [0.05, 0.1) is 11.2 Å². The lowest BCUT2D eigenvalue weighted by Gasteiger charge is -2.25. The average molecular weight is 371 g/mol. The van der Waals surface area contributed by atoms with Gasteiger partial charge in [0.15, 0.2) is 5.69 Å². The second-order valence-corrected chi connectivity index (χ2v) is 7.47. The van der Waals surface area contributed by atoms with Crippen molar-refractivity contribution in [1.82, 2.24) is 15.3 Å². The molecule has 0 saturated carbocycles. The monoisotopic (exact) mass is 370 g/mol. The molecule has 136 valence electrons. The lowest BCUT2D eigenvalue weighted by atomic mass is 9.83. The first kappa shape index (κ1) is 17.3. The molecule has 6 heteroatoms. The molecule has 2 heterocycles. The number of anilines is 1. The number of aryl methyl sites for hydroxylation is 1. The first-order chi connectivity index (χ1) is 12.7. The van der Waals surface area contributed by atoms with E-state index in [2.05, 4.69) is 44.5 Å². The molecule has 1 fully saturated rings. The van der Waals surface area contributed by atoms with Gasteiger partial charge in [0.25, 0.3) is 5.91 Å². The fourth-order valence-electron chi connectivity index (χ4n) is 3.95. The zero-order valence-corrected chi connectivity index (χ0v) is 15.5. The number of hydrogen-bond acceptors (Lipinski definition) is 4. The van der Waals surface area contributed by atoms with E-state index in [0.717, 1.165) is 45.2 Å². The maximum Gasteiger partial charge on any atom is 0.271 e. The van der Waals surface area contributed by atoms with Gasteiger partial charge in [0.2, 0.25) is 5.95 Å². The highest BCUT2D eigenvalue weighted by molar-refractivity contribution is 6.33. The van der Waals surface area contributed by atoms with Crippen molar-refractivity contribution >= 4 is 23.5 Å². The predicted octanol–water partition coefficient (Wildman–Crippen LogP) is 3.58. The molecule has 2 aliphatic rings. The molecular weight excluding hydrogens is 348 g/mol. The van der Waals surface area contributed by atoms with Crippen molar-refractivity contribution in [3.05, 3.63) is 52.3 Å². The second-order valence-electron chi connectivity index (χ2n) is 7.06. The van der Waals surface area contributed by atoms with E-state index < -0.39 is 0 Å². The number of benzene rings is 1. The number of halogens is 1. The molecule has 5 nitrogen and oxygen atoms in total. The first-order valence-electron chi connectivity index (χ1n) is 9.36. The van der Waals surface area contributed by atoms with Crippen molar-refractivity contribution in [1.29, 1.82) is 0 Å². The third-order valence-corrected chi connectivity index (χ3v) is 5.61. The molecule has 1 aromatic carbocycles. The smallest absolute Gasteiger partial charge is 0.271 e. The van der Waals surface area contributed by atoms with E-state index in [1.54, 1.807) is 0 Å². The highest BCUT2D eigenvalue weighted by Crippen LogP contribution is 2.31. The van der Waals surface area contributed by atoms with E-state index in [9.17, 15) is 4.79 Å². The molecule has 1 N–H and O–H groups in total. The van der Waals surface area contributed by atoms with E-state index in [1.807, 2.05) is 0 Å². The zero-order valence-electron chi connectivity index (χ0n) is 14.7. The minimum Gasteiger partial charge on any atom is -0.350 e. The Morgan fingerprint density at radius 3 is 2.88 bits per heavy atom. The number of nitrogens with zero attached hydrogens (tertiary/aromatic N) is 3. The Morgan fingerprint density at radius 2 is 2.04 bits per heavy atom. The van der Waals surface area contributed by atoms with Gasteiger partial charge in [-0.05, 0) is 43.2 Å². The van der Waals surface area contributed by atoms with Crippen molar-refractivity contribution in [2.75, 3.05) is 24.5 Å². The van der Waals surface area contributed by atoms with Gasteiger partial charge in [-0.1, -0.05) is 35.9 Å². The number of nitrogens with one attached hydrogen (secondary N) is 1. The highest BCUT2D eigenvalue weighted by atomic mass is 35.5. The molecule has 4 rings (SSSR count).